The molecule has 0 bridgehead atoms. The van der Waals surface area contributed by atoms with Crippen molar-refractivity contribution in [2.24, 2.45) is 0 Å². The third-order valence-electron chi connectivity index (χ3n) is 10.7. The van der Waals surface area contributed by atoms with Crippen molar-refractivity contribution < 1.29 is 0 Å². The highest BCUT2D eigenvalue weighted by Gasteiger charge is 2.49. The normalized spacial score (nSPS) is 15.8. The van der Waals surface area contributed by atoms with Crippen molar-refractivity contribution in [2.45, 2.75) is 15.2 Å². The van der Waals surface area contributed by atoms with Gasteiger partial charge in [-0.2, -0.15) is 0 Å². The number of hydrogen-bond acceptors (Lipinski definition) is 2. The molecule has 7 aromatic carbocycles. The van der Waals surface area contributed by atoms with Crippen LogP contribution < -0.4 is 0 Å². The standard InChI is InChI=1S/C46H28N2S/c1-4-18-40-34(12-1)35-14-8-17-39-45(35)48(40)41-19-5-2-15-36(41)46(39)37-16-3-6-20-42(37)49-43-28-32(25-26-38(43)46)29-21-23-30(24-22-29)33-13-7-10-31-11-9-27-47-44(31)33/h1-28H. The summed E-state index contributed by atoms with van der Waals surface area (Å²) < 4.78 is 2.51. The molecule has 49 heavy (non-hydrogen) atoms. The summed E-state index contributed by atoms with van der Waals surface area (Å²) in [5.74, 6) is 0. The largest absolute Gasteiger partial charge is 0.309 e. The molecule has 3 heteroatoms. The number of aromatic nitrogens is 2. The zero-order chi connectivity index (χ0) is 32.1. The van der Waals surface area contributed by atoms with Gasteiger partial charge in [-0.15, -0.1) is 0 Å². The van der Waals surface area contributed by atoms with E-state index < -0.39 is 5.41 Å². The Morgan fingerprint density at radius 1 is 0.490 bits per heavy atom. The lowest BCUT2D eigenvalue weighted by atomic mass is 9.62. The van der Waals surface area contributed by atoms with Gasteiger partial charge in [-0.25, -0.2) is 0 Å². The molecular formula is C46H28N2S. The lowest BCUT2D eigenvalue weighted by Gasteiger charge is -2.45. The van der Waals surface area contributed by atoms with Gasteiger partial charge < -0.3 is 4.57 Å². The van der Waals surface area contributed by atoms with Crippen LogP contribution in [-0.2, 0) is 5.41 Å². The van der Waals surface area contributed by atoms with Crippen molar-refractivity contribution in [2.75, 3.05) is 0 Å². The zero-order valence-electron chi connectivity index (χ0n) is 26.5. The van der Waals surface area contributed by atoms with Gasteiger partial charge in [-0.05, 0) is 69.3 Å². The Hall–Kier alpha value is -5.90. The molecule has 11 rings (SSSR count). The minimum Gasteiger partial charge on any atom is -0.309 e. The van der Waals surface area contributed by atoms with Crippen LogP contribution in [0.1, 0.15) is 22.3 Å². The fraction of sp³-hybridized carbons (Fsp3) is 0.0217. The van der Waals surface area contributed by atoms with Crippen LogP contribution in [0.5, 0.6) is 0 Å². The van der Waals surface area contributed by atoms with Crippen molar-refractivity contribution in [3.63, 3.8) is 0 Å². The summed E-state index contributed by atoms with van der Waals surface area (Å²) in [4.78, 5) is 7.31. The molecule has 0 saturated carbocycles. The van der Waals surface area contributed by atoms with Crippen molar-refractivity contribution in [3.8, 4) is 27.9 Å². The topological polar surface area (TPSA) is 17.8 Å². The highest BCUT2D eigenvalue weighted by atomic mass is 32.2. The fourth-order valence-electron chi connectivity index (χ4n) is 8.69. The Morgan fingerprint density at radius 2 is 1.18 bits per heavy atom. The molecule has 0 N–H and O–H groups in total. The van der Waals surface area contributed by atoms with Crippen LogP contribution in [-0.4, -0.2) is 9.55 Å². The number of pyridine rings is 1. The smallest absolute Gasteiger partial charge is 0.0780 e. The minimum absolute atomic E-state index is 0.457. The quantitative estimate of drug-likeness (QED) is 0.187. The molecule has 0 radical (unpaired) electrons. The third-order valence-corrected chi connectivity index (χ3v) is 11.8. The molecule has 2 nitrogen and oxygen atoms in total. The van der Waals surface area contributed by atoms with E-state index in [1.807, 2.05) is 24.0 Å². The number of nitrogens with zero attached hydrogens (tertiary/aromatic N) is 2. The van der Waals surface area contributed by atoms with Crippen molar-refractivity contribution in [1.29, 1.82) is 0 Å². The maximum absolute atomic E-state index is 4.70. The molecule has 2 aliphatic rings. The van der Waals surface area contributed by atoms with Gasteiger partial charge in [-0.1, -0.05) is 145 Å². The molecule has 1 unspecified atom stereocenters. The van der Waals surface area contributed by atoms with E-state index in [9.17, 15) is 0 Å². The minimum atomic E-state index is -0.457. The van der Waals surface area contributed by atoms with Gasteiger partial charge >= 0.3 is 0 Å². The van der Waals surface area contributed by atoms with Gasteiger partial charge in [0.1, 0.15) is 0 Å². The van der Waals surface area contributed by atoms with E-state index >= 15 is 0 Å². The maximum Gasteiger partial charge on any atom is 0.0780 e. The molecule has 228 valence electrons. The van der Waals surface area contributed by atoms with Gasteiger partial charge in [0.05, 0.1) is 27.7 Å². The van der Waals surface area contributed by atoms with E-state index in [4.69, 9.17) is 4.98 Å². The van der Waals surface area contributed by atoms with E-state index in [1.165, 1.54) is 76.2 Å². The van der Waals surface area contributed by atoms with Gasteiger partial charge in [-0.3, -0.25) is 4.98 Å². The first-order valence-corrected chi connectivity index (χ1v) is 17.6. The Bertz CT molecular complexity index is 2800. The Morgan fingerprint density at radius 3 is 2.12 bits per heavy atom. The second-order valence-electron chi connectivity index (χ2n) is 13.1. The molecule has 2 aromatic heterocycles. The average molecular weight is 641 g/mol. The van der Waals surface area contributed by atoms with Crippen LogP contribution in [0.4, 0.5) is 0 Å². The monoisotopic (exact) mass is 640 g/mol. The van der Waals surface area contributed by atoms with Crippen LogP contribution in [0, 0.1) is 0 Å². The summed E-state index contributed by atoms with van der Waals surface area (Å²) in [5.41, 5.74) is 14.5. The van der Waals surface area contributed by atoms with E-state index in [0.29, 0.717) is 0 Å². The Kier molecular flexibility index (Phi) is 5.56. The Labute approximate surface area is 288 Å². The van der Waals surface area contributed by atoms with Gasteiger partial charge in [0.15, 0.2) is 0 Å². The molecule has 2 aliphatic heterocycles. The number of fused-ring (bicyclic) bond motifs is 12. The molecule has 1 spiro atoms. The Balaban J connectivity index is 1.14. The highest BCUT2D eigenvalue weighted by molar-refractivity contribution is 7.99. The van der Waals surface area contributed by atoms with Crippen LogP contribution in [0.15, 0.2) is 180 Å². The lowest BCUT2D eigenvalue weighted by Crippen LogP contribution is -2.37. The average Bonchev–Trinajstić information content (AvgIpc) is 3.51. The number of benzene rings is 7. The van der Waals surface area contributed by atoms with Gasteiger partial charge in [0.2, 0.25) is 0 Å². The van der Waals surface area contributed by atoms with Crippen LogP contribution in [0.3, 0.4) is 0 Å². The van der Waals surface area contributed by atoms with Crippen molar-refractivity contribution in [1.82, 2.24) is 9.55 Å². The summed E-state index contributed by atoms with van der Waals surface area (Å²) in [6.07, 6.45) is 1.88. The van der Waals surface area contributed by atoms with E-state index in [0.717, 1.165) is 16.5 Å². The van der Waals surface area contributed by atoms with Crippen LogP contribution in [0.2, 0.25) is 0 Å². The second-order valence-corrected chi connectivity index (χ2v) is 14.2. The molecular weight excluding hydrogens is 613 g/mol. The van der Waals surface area contributed by atoms with Gasteiger partial charge in [0, 0.05) is 37.7 Å². The molecule has 0 amide bonds. The van der Waals surface area contributed by atoms with E-state index in [1.54, 1.807) is 0 Å². The third kappa shape index (κ3) is 3.60. The predicted octanol–water partition coefficient (Wildman–Crippen LogP) is 11.8. The first-order valence-electron chi connectivity index (χ1n) is 16.8. The number of para-hydroxylation sites is 4. The molecule has 0 saturated heterocycles. The van der Waals surface area contributed by atoms with Crippen molar-refractivity contribution >= 4 is 44.5 Å². The fourth-order valence-corrected chi connectivity index (χ4v) is 9.92. The molecule has 9 aromatic rings. The maximum atomic E-state index is 4.70. The van der Waals surface area contributed by atoms with Crippen LogP contribution >= 0.6 is 11.8 Å². The molecule has 4 heterocycles. The summed E-state index contributed by atoms with van der Waals surface area (Å²) in [5, 5.41) is 3.76. The summed E-state index contributed by atoms with van der Waals surface area (Å²) in [6, 6.07) is 60.6. The SMILES string of the molecule is c1ccc2c(c1)Sc1cc(-c3ccc(-c4cccc5cccnc45)cc3)ccc1C21c2ccccc2-n2c3ccccc3c3cccc1c32. The molecule has 0 aliphatic carbocycles. The lowest BCUT2D eigenvalue weighted by molar-refractivity contribution is 0.690. The van der Waals surface area contributed by atoms with E-state index in [-0.39, 0.29) is 0 Å². The van der Waals surface area contributed by atoms with E-state index in [2.05, 4.69) is 162 Å². The zero-order valence-corrected chi connectivity index (χ0v) is 27.3. The summed E-state index contributed by atoms with van der Waals surface area (Å²) in [7, 11) is 0. The molecule has 0 fully saturated rings. The summed E-state index contributed by atoms with van der Waals surface area (Å²) in [6.45, 7) is 0. The first kappa shape index (κ1) is 27.1. The summed E-state index contributed by atoms with van der Waals surface area (Å²) >= 11 is 1.90. The van der Waals surface area contributed by atoms with Gasteiger partial charge in [0.25, 0.3) is 0 Å². The van der Waals surface area contributed by atoms with Crippen LogP contribution in [0.25, 0.3) is 60.6 Å². The number of hydrogen-bond donors (Lipinski definition) is 0. The number of rotatable bonds is 2. The highest BCUT2D eigenvalue weighted by Crippen LogP contribution is 2.60. The molecule has 1 atom stereocenters. The predicted molar refractivity (Wildman–Crippen MR) is 203 cm³/mol. The van der Waals surface area contributed by atoms with Crippen molar-refractivity contribution in [3.05, 3.63) is 192 Å². The first-order chi connectivity index (χ1) is 24.3. The second kappa shape index (κ2) is 10.1.